The Kier molecular flexibility index (Phi) is 9.12. The average Bonchev–Trinajstić information content (AvgIpc) is 3.13. The Bertz CT molecular complexity index is 555. The largest absolute Gasteiger partial charge is 0.459 e. The van der Waals surface area contributed by atoms with Crippen LogP contribution in [0.2, 0.25) is 0 Å². The summed E-state index contributed by atoms with van der Waals surface area (Å²) in [7, 11) is 0. The summed E-state index contributed by atoms with van der Waals surface area (Å²) in [5.41, 5.74) is 0. The van der Waals surface area contributed by atoms with E-state index in [0.29, 0.717) is 18.8 Å². The number of hydrogen-bond donors (Lipinski definition) is 1. The van der Waals surface area contributed by atoms with E-state index >= 15 is 0 Å². The molecule has 6 nitrogen and oxygen atoms in total. The van der Waals surface area contributed by atoms with E-state index < -0.39 is 0 Å². The zero-order valence-electron chi connectivity index (χ0n) is 15.4. The van der Waals surface area contributed by atoms with Crippen molar-refractivity contribution in [2.24, 2.45) is 4.99 Å². The molecular formula is C17H29IN4O2S. The van der Waals surface area contributed by atoms with Crippen LogP contribution in [-0.2, 0) is 0 Å². The Morgan fingerprint density at radius 2 is 1.96 bits per heavy atom. The molecular weight excluding hydrogens is 451 g/mol. The predicted octanol–water partition coefficient (Wildman–Crippen LogP) is 2.76. The maximum Gasteiger partial charge on any atom is 0.289 e. The molecule has 0 saturated carbocycles. The number of amides is 1. The van der Waals surface area contributed by atoms with Crippen LogP contribution in [0.3, 0.4) is 0 Å². The van der Waals surface area contributed by atoms with E-state index in [0.717, 1.165) is 32.1 Å². The summed E-state index contributed by atoms with van der Waals surface area (Å²) in [6, 6.07) is 3.46. The van der Waals surface area contributed by atoms with E-state index in [-0.39, 0.29) is 34.6 Å². The Labute approximate surface area is 171 Å². The van der Waals surface area contributed by atoms with Gasteiger partial charge in [-0.3, -0.25) is 9.79 Å². The highest BCUT2D eigenvalue weighted by Gasteiger charge is 2.25. The smallest absolute Gasteiger partial charge is 0.289 e. The number of aliphatic imine (C=N–C) groups is 1. The Morgan fingerprint density at radius 3 is 2.48 bits per heavy atom. The highest BCUT2D eigenvalue weighted by molar-refractivity contribution is 14.0. The number of carbonyl (C=O) groups excluding carboxylic acids is 1. The van der Waals surface area contributed by atoms with Crippen molar-refractivity contribution < 1.29 is 9.21 Å². The number of nitrogens with one attached hydrogen (secondary N) is 1. The minimum atomic E-state index is -0.0369. The summed E-state index contributed by atoms with van der Waals surface area (Å²) in [5, 5.41) is 3.37. The minimum Gasteiger partial charge on any atom is -0.459 e. The first-order valence-corrected chi connectivity index (χ1v) is 9.60. The molecule has 8 heteroatoms. The first-order valence-electron chi connectivity index (χ1n) is 8.38. The number of nitrogens with zero attached hydrogens (tertiary/aromatic N) is 3. The van der Waals surface area contributed by atoms with Crippen molar-refractivity contribution in [2.75, 3.05) is 45.5 Å². The maximum atomic E-state index is 12.3. The third-order valence-corrected chi connectivity index (χ3v) is 5.33. The third-order valence-electron chi connectivity index (χ3n) is 4.10. The summed E-state index contributed by atoms with van der Waals surface area (Å²) in [6.45, 7) is 11.0. The van der Waals surface area contributed by atoms with Gasteiger partial charge < -0.3 is 19.5 Å². The molecule has 142 valence electrons. The molecule has 0 spiro atoms. The Balaban J connectivity index is 0.00000312. The quantitative estimate of drug-likeness (QED) is 0.399. The van der Waals surface area contributed by atoms with Gasteiger partial charge in [-0.25, -0.2) is 0 Å². The molecule has 1 saturated heterocycles. The molecule has 0 aliphatic carbocycles. The lowest BCUT2D eigenvalue weighted by molar-refractivity contribution is 0.0657. The monoisotopic (exact) mass is 480 g/mol. The van der Waals surface area contributed by atoms with Gasteiger partial charge in [-0.15, -0.1) is 24.0 Å². The van der Waals surface area contributed by atoms with Crippen LogP contribution < -0.4 is 5.32 Å². The molecule has 1 N–H and O–H groups in total. The van der Waals surface area contributed by atoms with Crippen molar-refractivity contribution in [3.8, 4) is 0 Å². The first kappa shape index (κ1) is 22.1. The van der Waals surface area contributed by atoms with Crippen molar-refractivity contribution in [3.63, 3.8) is 0 Å². The Hall–Kier alpha value is -0.900. The van der Waals surface area contributed by atoms with Crippen molar-refractivity contribution in [2.45, 2.75) is 25.5 Å². The fourth-order valence-electron chi connectivity index (χ4n) is 2.43. The molecule has 0 unspecified atom stereocenters. The summed E-state index contributed by atoms with van der Waals surface area (Å²) in [5.74, 6) is 1.31. The summed E-state index contributed by atoms with van der Waals surface area (Å²) < 4.78 is 5.33. The topological polar surface area (TPSA) is 61.1 Å². The summed E-state index contributed by atoms with van der Waals surface area (Å²) >= 11 is 1.82. The molecule has 1 aliphatic heterocycles. The predicted molar refractivity (Wildman–Crippen MR) is 115 cm³/mol. The average molecular weight is 480 g/mol. The van der Waals surface area contributed by atoms with Crippen molar-refractivity contribution >= 4 is 47.6 Å². The van der Waals surface area contributed by atoms with Gasteiger partial charge in [0.2, 0.25) is 0 Å². The molecule has 2 rings (SSSR count). The lowest BCUT2D eigenvalue weighted by atomic mass is 10.2. The van der Waals surface area contributed by atoms with Crippen molar-refractivity contribution in [3.05, 3.63) is 24.2 Å². The number of furan rings is 1. The van der Waals surface area contributed by atoms with Crippen LogP contribution in [0.15, 0.2) is 27.8 Å². The van der Waals surface area contributed by atoms with Gasteiger partial charge in [-0.1, -0.05) is 0 Å². The van der Waals surface area contributed by atoms with Crippen molar-refractivity contribution in [1.82, 2.24) is 15.1 Å². The van der Waals surface area contributed by atoms with E-state index in [4.69, 9.17) is 9.41 Å². The van der Waals surface area contributed by atoms with Crippen LogP contribution in [0.1, 0.15) is 31.3 Å². The number of rotatable bonds is 5. The lowest BCUT2D eigenvalue weighted by Gasteiger charge is -2.36. The molecule has 1 amide bonds. The van der Waals surface area contributed by atoms with Gasteiger partial charge in [0.15, 0.2) is 11.7 Å². The van der Waals surface area contributed by atoms with Crippen LogP contribution in [-0.4, -0.2) is 71.9 Å². The molecule has 1 aliphatic rings. The van der Waals surface area contributed by atoms with Gasteiger partial charge in [-0.05, 0) is 39.2 Å². The van der Waals surface area contributed by atoms with E-state index in [1.807, 2.05) is 16.7 Å². The first-order chi connectivity index (χ1) is 11.5. The molecule has 1 aromatic rings. The SMILES string of the molecule is CCNC(=NCC(C)(C)SC)N1CCN(C(=O)c2ccco2)CC1.I. The zero-order chi connectivity index (χ0) is 17.6. The zero-order valence-corrected chi connectivity index (χ0v) is 18.6. The highest BCUT2D eigenvalue weighted by atomic mass is 127. The van der Waals surface area contributed by atoms with Gasteiger partial charge in [0, 0.05) is 37.5 Å². The second kappa shape index (κ2) is 10.3. The van der Waals surface area contributed by atoms with Gasteiger partial charge in [0.05, 0.1) is 12.8 Å². The second-order valence-electron chi connectivity index (χ2n) is 6.39. The summed E-state index contributed by atoms with van der Waals surface area (Å²) in [6.07, 6.45) is 3.65. The van der Waals surface area contributed by atoms with E-state index in [9.17, 15) is 4.79 Å². The number of guanidine groups is 1. The van der Waals surface area contributed by atoms with Gasteiger partial charge in [-0.2, -0.15) is 11.8 Å². The van der Waals surface area contributed by atoms with Crippen LogP contribution >= 0.6 is 35.7 Å². The minimum absolute atomic E-state index is 0. The van der Waals surface area contributed by atoms with Gasteiger partial charge >= 0.3 is 0 Å². The van der Waals surface area contributed by atoms with Gasteiger partial charge in [0.25, 0.3) is 5.91 Å². The van der Waals surface area contributed by atoms with Crippen LogP contribution in [0, 0.1) is 0 Å². The molecule has 0 radical (unpaired) electrons. The number of hydrogen-bond acceptors (Lipinski definition) is 4. The highest BCUT2D eigenvalue weighted by Crippen LogP contribution is 2.21. The molecule has 0 aromatic carbocycles. The molecule has 1 aromatic heterocycles. The lowest BCUT2D eigenvalue weighted by Crippen LogP contribution is -2.54. The maximum absolute atomic E-state index is 12.3. The molecule has 25 heavy (non-hydrogen) atoms. The van der Waals surface area contributed by atoms with Crippen LogP contribution in [0.5, 0.6) is 0 Å². The Morgan fingerprint density at radius 1 is 1.32 bits per heavy atom. The number of carbonyl (C=O) groups is 1. The molecule has 0 atom stereocenters. The number of halogens is 1. The van der Waals surface area contributed by atoms with E-state index in [2.05, 4.69) is 37.2 Å². The van der Waals surface area contributed by atoms with Crippen LogP contribution in [0.25, 0.3) is 0 Å². The summed E-state index contributed by atoms with van der Waals surface area (Å²) in [4.78, 5) is 21.2. The number of piperazine rings is 1. The molecule has 2 heterocycles. The third kappa shape index (κ3) is 6.40. The fourth-order valence-corrected chi connectivity index (χ4v) is 2.63. The van der Waals surface area contributed by atoms with Crippen molar-refractivity contribution in [1.29, 1.82) is 0 Å². The standard InChI is InChI=1S/C17H28N4O2S.HI/c1-5-18-16(19-13-17(2,3)24-4)21-10-8-20(9-11-21)15(22)14-7-6-12-23-14;/h6-7,12H,5,8-11,13H2,1-4H3,(H,18,19);1H. The fraction of sp³-hybridized carbons (Fsp3) is 0.647. The molecule has 1 fully saturated rings. The van der Waals surface area contributed by atoms with Crippen LogP contribution in [0.4, 0.5) is 0 Å². The molecule has 0 bridgehead atoms. The van der Waals surface area contributed by atoms with E-state index in [1.54, 1.807) is 12.1 Å². The normalized spacial score (nSPS) is 15.8. The second-order valence-corrected chi connectivity index (χ2v) is 7.90. The van der Waals surface area contributed by atoms with E-state index in [1.165, 1.54) is 6.26 Å². The number of thioether (sulfide) groups is 1. The van der Waals surface area contributed by atoms with Gasteiger partial charge in [0.1, 0.15) is 0 Å².